The molecular formula is C17H25NO. The van der Waals surface area contributed by atoms with Crippen molar-refractivity contribution in [3.8, 4) is 5.75 Å². The summed E-state index contributed by atoms with van der Waals surface area (Å²) in [6.07, 6.45) is 6.40. The Balaban J connectivity index is 1.64. The maximum absolute atomic E-state index is 6.55. The van der Waals surface area contributed by atoms with E-state index in [-0.39, 0.29) is 0 Å². The lowest BCUT2D eigenvalue weighted by Crippen LogP contribution is -2.44. The van der Waals surface area contributed by atoms with Gasteiger partial charge in [0.15, 0.2) is 0 Å². The van der Waals surface area contributed by atoms with Gasteiger partial charge in [-0.05, 0) is 42.7 Å². The molecule has 2 aliphatic rings. The van der Waals surface area contributed by atoms with Crippen molar-refractivity contribution in [3.63, 3.8) is 0 Å². The predicted octanol–water partition coefficient (Wildman–Crippen LogP) is 3.39. The first-order valence-electron chi connectivity index (χ1n) is 7.70. The van der Waals surface area contributed by atoms with E-state index in [1.54, 1.807) is 0 Å². The highest BCUT2D eigenvalue weighted by atomic mass is 16.5. The normalized spacial score (nSPS) is 32.2. The average molecular weight is 259 g/mol. The fourth-order valence-corrected chi connectivity index (χ4v) is 3.65. The molecule has 2 atom stereocenters. The van der Waals surface area contributed by atoms with Gasteiger partial charge in [-0.25, -0.2) is 0 Å². The third-order valence-corrected chi connectivity index (χ3v) is 5.06. The van der Waals surface area contributed by atoms with Gasteiger partial charge in [0.2, 0.25) is 0 Å². The molecular weight excluding hydrogens is 234 g/mol. The lowest BCUT2D eigenvalue weighted by atomic mass is 9.74. The van der Waals surface area contributed by atoms with Crippen LogP contribution in [-0.4, -0.2) is 12.6 Å². The zero-order valence-electron chi connectivity index (χ0n) is 11.8. The van der Waals surface area contributed by atoms with Crippen molar-refractivity contribution in [2.75, 3.05) is 6.61 Å². The SMILES string of the molecule is CC1CCC(C(N)C2COc3ccccc3C2)CC1. The van der Waals surface area contributed by atoms with Crippen molar-refractivity contribution in [1.29, 1.82) is 0 Å². The van der Waals surface area contributed by atoms with E-state index >= 15 is 0 Å². The minimum absolute atomic E-state index is 0.306. The van der Waals surface area contributed by atoms with Crippen LogP contribution in [0.15, 0.2) is 24.3 Å². The molecule has 1 aromatic carbocycles. The van der Waals surface area contributed by atoms with Gasteiger partial charge in [-0.3, -0.25) is 0 Å². The van der Waals surface area contributed by atoms with Gasteiger partial charge >= 0.3 is 0 Å². The molecule has 0 radical (unpaired) electrons. The molecule has 1 saturated carbocycles. The summed E-state index contributed by atoms with van der Waals surface area (Å²) in [6, 6.07) is 8.69. The molecule has 104 valence electrons. The summed E-state index contributed by atoms with van der Waals surface area (Å²) < 4.78 is 5.89. The highest BCUT2D eigenvalue weighted by Gasteiger charge is 2.32. The Kier molecular flexibility index (Phi) is 3.79. The van der Waals surface area contributed by atoms with Gasteiger partial charge in [0.1, 0.15) is 5.75 Å². The van der Waals surface area contributed by atoms with Crippen molar-refractivity contribution >= 4 is 0 Å². The van der Waals surface area contributed by atoms with E-state index in [0.717, 1.165) is 24.7 Å². The van der Waals surface area contributed by atoms with Crippen LogP contribution in [0.2, 0.25) is 0 Å². The van der Waals surface area contributed by atoms with Crippen molar-refractivity contribution < 1.29 is 4.74 Å². The number of benzene rings is 1. The van der Waals surface area contributed by atoms with Crippen molar-refractivity contribution in [2.24, 2.45) is 23.5 Å². The number of ether oxygens (including phenoxy) is 1. The van der Waals surface area contributed by atoms with Crippen LogP contribution in [0.3, 0.4) is 0 Å². The molecule has 0 saturated heterocycles. The molecule has 1 heterocycles. The van der Waals surface area contributed by atoms with Crippen molar-refractivity contribution in [1.82, 2.24) is 0 Å². The van der Waals surface area contributed by atoms with E-state index in [9.17, 15) is 0 Å². The lowest BCUT2D eigenvalue weighted by Gasteiger charge is -2.37. The van der Waals surface area contributed by atoms with E-state index in [0.29, 0.717) is 17.9 Å². The third-order valence-electron chi connectivity index (χ3n) is 5.06. The van der Waals surface area contributed by atoms with E-state index in [1.807, 2.05) is 6.07 Å². The van der Waals surface area contributed by atoms with Crippen molar-refractivity contribution in [2.45, 2.75) is 45.1 Å². The number of fused-ring (bicyclic) bond motifs is 1. The van der Waals surface area contributed by atoms with Crippen LogP contribution in [0.5, 0.6) is 5.75 Å². The number of hydrogen-bond acceptors (Lipinski definition) is 2. The molecule has 3 rings (SSSR count). The summed E-state index contributed by atoms with van der Waals surface area (Å²) in [5.74, 6) is 3.15. The lowest BCUT2D eigenvalue weighted by molar-refractivity contribution is 0.147. The summed E-state index contributed by atoms with van der Waals surface area (Å²) >= 11 is 0. The number of rotatable bonds is 2. The number of hydrogen-bond donors (Lipinski definition) is 1. The highest BCUT2D eigenvalue weighted by molar-refractivity contribution is 5.35. The Labute approximate surface area is 116 Å². The standard InChI is InChI=1S/C17H25NO/c1-12-6-8-13(9-7-12)17(18)15-10-14-4-2-3-5-16(14)19-11-15/h2-5,12-13,15,17H,6-11,18H2,1H3. The first-order valence-corrected chi connectivity index (χ1v) is 7.70. The van der Waals surface area contributed by atoms with Crippen molar-refractivity contribution in [3.05, 3.63) is 29.8 Å². The average Bonchev–Trinajstić information content (AvgIpc) is 2.47. The van der Waals surface area contributed by atoms with Crippen LogP contribution in [-0.2, 0) is 6.42 Å². The van der Waals surface area contributed by atoms with Crippen LogP contribution in [0.1, 0.15) is 38.2 Å². The van der Waals surface area contributed by atoms with Gasteiger partial charge in [0.05, 0.1) is 6.61 Å². The van der Waals surface area contributed by atoms with Crippen LogP contribution >= 0.6 is 0 Å². The molecule has 0 spiro atoms. The van der Waals surface area contributed by atoms with E-state index in [2.05, 4.69) is 25.1 Å². The molecule has 0 bridgehead atoms. The molecule has 1 aliphatic carbocycles. The Morgan fingerprint density at radius 3 is 2.63 bits per heavy atom. The maximum atomic E-state index is 6.55. The Hall–Kier alpha value is -1.02. The maximum Gasteiger partial charge on any atom is 0.122 e. The first kappa shape index (κ1) is 13.0. The van der Waals surface area contributed by atoms with E-state index < -0.39 is 0 Å². The molecule has 19 heavy (non-hydrogen) atoms. The van der Waals surface area contributed by atoms with Gasteiger partial charge in [-0.15, -0.1) is 0 Å². The summed E-state index contributed by atoms with van der Waals surface area (Å²) in [6.45, 7) is 3.16. The second kappa shape index (κ2) is 5.54. The highest BCUT2D eigenvalue weighted by Crippen LogP contribution is 2.35. The fourth-order valence-electron chi connectivity index (χ4n) is 3.65. The Morgan fingerprint density at radius 1 is 1.11 bits per heavy atom. The molecule has 2 heteroatoms. The minimum Gasteiger partial charge on any atom is -0.493 e. The smallest absolute Gasteiger partial charge is 0.122 e. The zero-order valence-corrected chi connectivity index (χ0v) is 11.8. The third kappa shape index (κ3) is 2.79. The van der Waals surface area contributed by atoms with Crippen LogP contribution in [0.4, 0.5) is 0 Å². The summed E-state index contributed by atoms with van der Waals surface area (Å²) in [7, 11) is 0. The van der Waals surface area contributed by atoms with Crippen LogP contribution in [0, 0.1) is 17.8 Å². The van der Waals surface area contributed by atoms with E-state index in [1.165, 1.54) is 31.2 Å². The van der Waals surface area contributed by atoms with Crippen LogP contribution < -0.4 is 10.5 Å². The Morgan fingerprint density at radius 2 is 1.84 bits per heavy atom. The van der Waals surface area contributed by atoms with Gasteiger partial charge < -0.3 is 10.5 Å². The van der Waals surface area contributed by atoms with Crippen LogP contribution in [0.25, 0.3) is 0 Å². The topological polar surface area (TPSA) is 35.2 Å². The zero-order chi connectivity index (χ0) is 13.2. The second-order valence-corrected chi connectivity index (χ2v) is 6.48. The molecule has 1 fully saturated rings. The molecule has 2 N–H and O–H groups in total. The molecule has 1 aromatic rings. The molecule has 1 aliphatic heterocycles. The number of nitrogens with two attached hydrogens (primary N) is 1. The molecule has 2 unspecified atom stereocenters. The summed E-state index contributed by atoms with van der Waals surface area (Å²) in [4.78, 5) is 0. The van der Waals surface area contributed by atoms with E-state index in [4.69, 9.17) is 10.5 Å². The fraction of sp³-hybridized carbons (Fsp3) is 0.647. The largest absolute Gasteiger partial charge is 0.493 e. The Bertz CT molecular complexity index is 423. The molecule has 2 nitrogen and oxygen atoms in total. The molecule has 0 aromatic heterocycles. The van der Waals surface area contributed by atoms with Gasteiger partial charge in [-0.1, -0.05) is 38.0 Å². The summed E-state index contributed by atoms with van der Waals surface area (Å²) in [5.41, 5.74) is 7.88. The monoisotopic (exact) mass is 259 g/mol. The van der Waals surface area contributed by atoms with Gasteiger partial charge in [-0.2, -0.15) is 0 Å². The first-order chi connectivity index (χ1) is 9.24. The minimum atomic E-state index is 0.306. The predicted molar refractivity (Wildman–Crippen MR) is 78.2 cm³/mol. The second-order valence-electron chi connectivity index (χ2n) is 6.48. The number of para-hydroxylation sites is 1. The quantitative estimate of drug-likeness (QED) is 0.883. The van der Waals surface area contributed by atoms with Gasteiger partial charge in [0, 0.05) is 12.0 Å². The molecule has 0 amide bonds. The summed E-state index contributed by atoms with van der Waals surface area (Å²) in [5, 5.41) is 0. The van der Waals surface area contributed by atoms with Gasteiger partial charge in [0.25, 0.3) is 0 Å².